The second-order valence-electron chi connectivity index (χ2n) is 7.65. The molecule has 2 rings (SSSR count). The molecule has 0 spiro atoms. The van der Waals surface area contributed by atoms with E-state index >= 15 is 0 Å². The predicted octanol–water partition coefficient (Wildman–Crippen LogP) is 3.14. The topological polar surface area (TPSA) is 79.2 Å². The summed E-state index contributed by atoms with van der Waals surface area (Å²) in [7, 11) is 0. The van der Waals surface area contributed by atoms with E-state index in [4.69, 9.17) is 10.2 Å². The molecule has 0 bridgehead atoms. The number of hydroxylamine groups is 1. The van der Waals surface area contributed by atoms with Crippen LogP contribution in [0.4, 0.5) is 0 Å². The fourth-order valence-electron chi connectivity index (χ4n) is 2.81. The minimum Gasteiger partial charge on any atom is -0.327 e. The lowest BCUT2D eigenvalue weighted by Gasteiger charge is -2.18. The number of aryl methyl sites for hydroxylation is 1. The van der Waals surface area contributed by atoms with Crippen LogP contribution in [-0.4, -0.2) is 33.8 Å². The molecule has 0 aliphatic carbocycles. The number of benzene rings is 1. The summed E-state index contributed by atoms with van der Waals surface area (Å²) < 4.78 is 2.26. The molecule has 0 fully saturated rings. The molecule has 6 nitrogen and oxygen atoms in total. The van der Waals surface area contributed by atoms with Gasteiger partial charge in [0.05, 0.1) is 11.0 Å². The molecule has 0 saturated heterocycles. The van der Waals surface area contributed by atoms with Crippen LogP contribution < -0.4 is 10.8 Å². The molecule has 0 aliphatic rings. The number of nitrogens with zero attached hydrogens (tertiary/aromatic N) is 2. The average Bonchev–Trinajstić information content (AvgIpc) is 2.95. The van der Waals surface area contributed by atoms with Crippen molar-refractivity contribution in [3.05, 3.63) is 35.7 Å². The number of nitrogens with one attached hydrogen (secondary N) is 2. The van der Waals surface area contributed by atoms with Crippen LogP contribution in [0.15, 0.2) is 24.3 Å². The molecular formula is C20H30N4O2. The smallest absolute Gasteiger partial charge is 0.267 e. The van der Waals surface area contributed by atoms with E-state index in [1.807, 2.05) is 18.2 Å². The molecule has 142 valence electrons. The van der Waals surface area contributed by atoms with Crippen molar-refractivity contribution >= 4 is 23.0 Å². The van der Waals surface area contributed by atoms with E-state index in [2.05, 4.69) is 37.6 Å². The van der Waals surface area contributed by atoms with Gasteiger partial charge >= 0.3 is 0 Å². The first-order chi connectivity index (χ1) is 12.3. The van der Waals surface area contributed by atoms with Crippen LogP contribution in [-0.2, 0) is 17.8 Å². The summed E-state index contributed by atoms with van der Waals surface area (Å²) in [5.74, 6) is 0.512. The minimum atomic E-state index is -0.550. The molecule has 0 radical (unpaired) electrons. The quantitative estimate of drug-likeness (QED) is 0.293. The van der Waals surface area contributed by atoms with Crippen molar-refractivity contribution in [1.82, 2.24) is 20.3 Å². The van der Waals surface area contributed by atoms with E-state index in [9.17, 15) is 4.79 Å². The first-order valence-corrected chi connectivity index (χ1v) is 9.16. The monoisotopic (exact) mass is 358 g/mol. The molecule has 1 aromatic heterocycles. The Balaban J connectivity index is 2.09. The van der Waals surface area contributed by atoms with Crippen LogP contribution in [0.25, 0.3) is 17.1 Å². The number of aromatic nitrogens is 2. The highest BCUT2D eigenvalue weighted by Gasteiger charge is 2.11. The standard InChI is InChI=1S/C20H30N4O2/c1-5-18-22-16-14-15(7-9-19(25)23-26)6-8-17(16)24(18)13-12-21-11-10-20(2,3)4/h6-9,14,21,26H,5,10-13H2,1-4H3,(H,23,25)/b9-7+. The second kappa shape index (κ2) is 8.96. The van der Waals surface area contributed by atoms with Gasteiger partial charge in [-0.15, -0.1) is 0 Å². The number of rotatable bonds is 8. The number of imidazole rings is 1. The fraction of sp³-hybridized carbons (Fsp3) is 0.500. The summed E-state index contributed by atoms with van der Waals surface area (Å²) in [6.45, 7) is 11.7. The molecule has 1 heterocycles. The Morgan fingerprint density at radius 2 is 2.08 bits per heavy atom. The van der Waals surface area contributed by atoms with Crippen LogP contribution in [0.2, 0.25) is 0 Å². The molecule has 2 aromatic rings. The lowest BCUT2D eigenvalue weighted by molar-refractivity contribution is -0.124. The summed E-state index contributed by atoms with van der Waals surface area (Å²) in [5, 5.41) is 12.1. The third kappa shape index (κ3) is 5.68. The first-order valence-electron chi connectivity index (χ1n) is 9.16. The number of hydrogen-bond acceptors (Lipinski definition) is 4. The number of carbonyl (C=O) groups excluding carboxylic acids is 1. The first kappa shape index (κ1) is 20.1. The molecule has 1 aromatic carbocycles. The zero-order chi connectivity index (χ0) is 19.2. The SMILES string of the molecule is CCc1nc2cc(/C=C/C(=O)NO)ccc2n1CCNCCC(C)(C)C. The Morgan fingerprint density at radius 3 is 2.73 bits per heavy atom. The third-order valence-corrected chi connectivity index (χ3v) is 4.27. The maximum Gasteiger partial charge on any atom is 0.267 e. The van der Waals surface area contributed by atoms with Gasteiger partial charge in [0.15, 0.2) is 0 Å². The van der Waals surface area contributed by atoms with Crippen molar-refractivity contribution < 1.29 is 10.0 Å². The van der Waals surface area contributed by atoms with Crippen LogP contribution in [0, 0.1) is 5.41 Å². The van der Waals surface area contributed by atoms with E-state index in [0.29, 0.717) is 5.41 Å². The highest BCUT2D eigenvalue weighted by molar-refractivity contribution is 5.91. The van der Waals surface area contributed by atoms with Crippen molar-refractivity contribution in [2.75, 3.05) is 13.1 Å². The molecule has 0 unspecified atom stereocenters. The van der Waals surface area contributed by atoms with Crippen LogP contribution in [0.5, 0.6) is 0 Å². The predicted molar refractivity (Wildman–Crippen MR) is 105 cm³/mol. The van der Waals surface area contributed by atoms with E-state index in [-0.39, 0.29) is 0 Å². The zero-order valence-electron chi connectivity index (χ0n) is 16.2. The van der Waals surface area contributed by atoms with Gasteiger partial charge in [0, 0.05) is 25.6 Å². The molecule has 26 heavy (non-hydrogen) atoms. The largest absolute Gasteiger partial charge is 0.327 e. The maximum absolute atomic E-state index is 11.1. The summed E-state index contributed by atoms with van der Waals surface area (Å²) in [6, 6.07) is 5.94. The van der Waals surface area contributed by atoms with Gasteiger partial charge in [-0.1, -0.05) is 33.8 Å². The van der Waals surface area contributed by atoms with E-state index in [1.165, 1.54) is 6.08 Å². The Labute approximate surface area is 155 Å². The zero-order valence-corrected chi connectivity index (χ0v) is 16.2. The number of fused-ring (bicyclic) bond motifs is 1. The number of hydrogen-bond donors (Lipinski definition) is 3. The summed E-state index contributed by atoms with van der Waals surface area (Å²) in [6.07, 6.45) is 4.96. The van der Waals surface area contributed by atoms with Crippen molar-refractivity contribution in [1.29, 1.82) is 0 Å². The summed E-state index contributed by atoms with van der Waals surface area (Å²) in [5.41, 5.74) is 4.82. The average molecular weight is 358 g/mol. The molecule has 1 amide bonds. The van der Waals surface area contributed by atoms with E-state index < -0.39 is 5.91 Å². The second-order valence-corrected chi connectivity index (χ2v) is 7.65. The van der Waals surface area contributed by atoms with Crippen molar-refractivity contribution in [2.24, 2.45) is 5.41 Å². The van der Waals surface area contributed by atoms with Gasteiger partial charge in [-0.3, -0.25) is 10.0 Å². The van der Waals surface area contributed by atoms with Crippen LogP contribution in [0.1, 0.15) is 45.5 Å². The Hall–Kier alpha value is -2.18. The lowest BCUT2D eigenvalue weighted by atomic mass is 9.92. The van der Waals surface area contributed by atoms with E-state index in [0.717, 1.165) is 54.9 Å². The number of carbonyl (C=O) groups is 1. The Kier molecular flexibility index (Phi) is 6.94. The highest BCUT2D eigenvalue weighted by Crippen LogP contribution is 2.20. The van der Waals surface area contributed by atoms with Gasteiger partial charge in [-0.2, -0.15) is 0 Å². The maximum atomic E-state index is 11.1. The van der Waals surface area contributed by atoms with Gasteiger partial charge in [0.2, 0.25) is 0 Å². The van der Waals surface area contributed by atoms with Gasteiger partial charge in [-0.05, 0) is 42.2 Å². The number of amides is 1. The highest BCUT2D eigenvalue weighted by atomic mass is 16.5. The molecule has 0 atom stereocenters. The van der Waals surface area contributed by atoms with Crippen molar-refractivity contribution in [3.63, 3.8) is 0 Å². The normalized spacial score (nSPS) is 12.2. The van der Waals surface area contributed by atoms with Crippen molar-refractivity contribution in [2.45, 2.75) is 47.1 Å². The van der Waals surface area contributed by atoms with Crippen LogP contribution in [0.3, 0.4) is 0 Å². The third-order valence-electron chi connectivity index (χ3n) is 4.27. The molecule has 0 aliphatic heterocycles. The molecule has 3 N–H and O–H groups in total. The molecular weight excluding hydrogens is 328 g/mol. The van der Waals surface area contributed by atoms with Crippen LogP contribution >= 0.6 is 0 Å². The Bertz CT molecular complexity index is 772. The van der Waals surface area contributed by atoms with Gasteiger partial charge in [0.1, 0.15) is 5.82 Å². The lowest BCUT2D eigenvalue weighted by Crippen LogP contribution is -2.24. The van der Waals surface area contributed by atoms with Gasteiger partial charge < -0.3 is 9.88 Å². The molecule has 6 heteroatoms. The Morgan fingerprint density at radius 1 is 1.31 bits per heavy atom. The van der Waals surface area contributed by atoms with Crippen molar-refractivity contribution in [3.8, 4) is 0 Å². The summed E-state index contributed by atoms with van der Waals surface area (Å²) >= 11 is 0. The fourth-order valence-corrected chi connectivity index (χ4v) is 2.81. The minimum absolute atomic E-state index is 0.347. The van der Waals surface area contributed by atoms with E-state index in [1.54, 1.807) is 11.6 Å². The van der Waals surface area contributed by atoms with Gasteiger partial charge in [-0.25, -0.2) is 10.5 Å². The molecule has 0 saturated carbocycles. The summed E-state index contributed by atoms with van der Waals surface area (Å²) in [4.78, 5) is 15.8. The van der Waals surface area contributed by atoms with Gasteiger partial charge in [0.25, 0.3) is 5.91 Å².